The van der Waals surface area contributed by atoms with Crippen molar-refractivity contribution in [3.8, 4) is 0 Å². The summed E-state index contributed by atoms with van der Waals surface area (Å²) >= 11 is 1.51. The Morgan fingerprint density at radius 3 is 2.61 bits per heavy atom. The van der Waals surface area contributed by atoms with Crippen LogP contribution in [0.5, 0.6) is 0 Å². The van der Waals surface area contributed by atoms with Gasteiger partial charge < -0.3 is 9.64 Å². The second-order valence-electron chi connectivity index (χ2n) is 10.2. The summed E-state index contributed by atoms with van der Waals surface area (Å²) in [4.78, 5) is 49.6. The largest absolute Gasteiger partial charge is 0.444 e. The summed E-state index contributed by atoms with van der Waals surface area (Å²) in [5, 5.41) is 0.700. The molecule has 0 N–H and O–H groups in total. The van der Waals surface area contributed by atoms with Gasteiger partial charge >= 0.3 is 6.09 Å². The SMILES string of the molecule is C[C@@H]1C(=O)N(c2nc3ccccc3s2)[C@H]2CCN(C(=O)[C@@H]3CCCN3C(=O)OC(C)(C)C)[C@H]12. The van der Waals surface area contributed by atoms with Gasteiger partial charge in [-0.15, -0.1) is 0 Å². The van der Waals surface area contributed by atoms with Crippen LogP contribution in [-0.2, 0) is 14.3 Å². The Morgan fingerprint density at radius 2 is 1.88 bits per heavy atom. The van der Waals surface area contributed by atoms with Crippen molar-refractivity contribution in [2.45, 2.75) is 70.7 Å². The zero-order chi connectivity index (χ0) is 23.5. The number of ether oxygens (including phenoxy) is 1. The molecule has 3 saturated heterocycles. The number of anilines is 1. The molecule has 4 atom stereocenters. The highest BCUT2D eigenvalue weighted by Gasteiger charge is 2.55. The third-order valence-electron chi connectivity index (χ3n) is 6.83. The van der Waals surface area contributed by atoms with Crippen LogP contribution < -0.4 is 4.90 Å². The second kappa shape index (κ2) is 7.97. The molecule has 1 aromatic heterocycles. The van der Waals surface area contributed by atoms with Gasteiger partial charge in [-0.3, -0.25) is 19.4 Å². The lowest BCUT2D eigenvalue weighted by Gasteiger charge is -2.33. The maximum atomic E-state index is 13.6. The van der Waals surface area contributed by atoms with Gasteiger partial charge in [-0.1, -0.05) is 30.4 Å². The van der Waals surface area contributed by atoms with E-state index in [1.165, 1.54) is 11.3 Å². The molecule has 0 radical (unpaired) electrons. The molecule has 8 nitrogen and oxygen atoms in total. The second-order valence-corrected chi connectivity index (χ2v) is 11.2. The first-order valence-corrected chi connectivity index (χ1v) is 12.5. The maximum Gasteiger partial charge on any atom is 0.410 e. The van der Waals surface area contributed by atoms with E-state index in [0.29, 0.717) is 31.1 Å². The Kier molecular flexibility index (Phi) is 5.34. The Morgan fingerprint density at radius 1 is 1.12 bits per heavy atom. The fourth-order valence-corrected chi connectivity index (χ4v) is 6.45. The van der Waals surface area contributed by atoms with Crippen molar-refractivity contribution in [2.24, 2.45) is 5.92 Å². The maximum absolute atomic E-state index is 13.6. The fraction of sp³-hybridized carbons (Fsp3) is 0.583. The number of nitrogens with zero attached hydrogens (tertiary/aromatic N) is 4. The molecule has 4 heterocycles. The molecule has 3 aliphatic heterocycles. The molecule has 9 heteroatoms. The topological polar surface area (TPSA) is 83.1 Å². The van der Waals surface area contributed by atoms with E-state index in [-0.39, 0.29) is 29.8 Å². The average molecular weight is 471 g/mol. The van der Waals surface area contributed by atoms with Crippen LogP contribution >= 0.6 is 11.3 Å². The Labute approximate surface area is 197 Å². The minimum absolute atomic E-state index is 0.0111. The summed E-state index contributed by atoms with van der Waals surface area (Å²) in [6.07, 6.45) is 1.65. The van der Waals surface area contributed by atoms with Gasteiger partial charge in [0.15, 0.2) is 5.13 Å². The number of likely N-dealkylation sites (tertiary alicyclic amines) is 2. The quantitative estimate of drug-likeness (QED) is 0.669. The number of hydrogen-bond donors (Lipinski definition) is 0. The molecule has 176 valence electrons. The number of carbonyl (C=O) groups is 3. The van der Waals surface area contributed by atoms with Crippen LogP contribution in [0, 0.1) is 5.92 Å². The van der Waals surface area contributed by atoms with Crippen molar-refractivity contribution in [3.63, 3.8) is 0 Å². The first kappa shape index (κ1) is 22.1. The van der Waals surface area contributed by atoms with Gasteiger partial charge in [-0.2, -0.15) is 0 Å². The molecular weight excluding hydrogens is 440 g/mol. The summed E-state index contributed by atoms with van der Waals surface area (Å²) in [7, 11) is 0. The number of benzene rings is 1. The summed E-state index contributed by atoms with van der Waals surface area (Å²) < 4.78 is 6.58. The van der Waals surface area contributed by atoms with Crippen molar-refractivity contribution in [3.05, 3.63) is 24.3 Å². The lowest BCUT2D eigenvalue weighted by molar-refractivity contribution is -0.137. The van der Waals surface area contributed by atoms with Gasteiger partial charge in [0.25, 0.3) is 0 Å². The number of aromatic nitrogens is 1. The molecule has 1 aromatic carbocycles. The van der Waals surface area contributed by atoms with Gasteiger partial charge in [0.2, 0.25) is 11.8 Å². The zero-order valence-electron chi connectivity index (χ0n) is 19.5. The van der Waals surface area contributed by atoms with Crippen LogP contribution in [0.2, 0.25) is 0 Å². The van der Waals surface area contributed by atoms with E-state index < -0.39 is 17.7 Å². The molecular formula is C24H30N4O4S. The van der Waals surface area contributed by atoms with Crippen LogP contribution in [0.15, 0.2) is 24.3 Å². The smallest absolute Gasteiger partial charge is 0.410 e. The predicted octanol–water partition coefficient (Wildman–Crippen LogP) is 3.65. The van der Waals surface area contributed by atoms with Crippen molar-refractivity contribution in [2.75, 3.05) is 18.0 Å². The number of thiazole rings is 1. The molecule has 0 saturated carbocycles. The third-order valence-corrected chi connectivity index (χ3v) is 7.86. The number of para-hydroxylation sites is 1. The zero-order valence-corrected chi connectivity index (χ0v) is 20.3. The van der Waals surface area contributed by atoms with E-state index in [0.717, 1.165) is 16.6 Å². The number of carbonyl (C=O) groups excluding carboxylic acids is 3. The van der Waals surface area contributed by atoms with Gasteiger partial charge in [-0.05, 0) is 52.2 Å². The summed E-state index contributed by atoms with van der Waals surface area (Å²) in [6.45, 7) is 8.46. The molecule has 0 bridgehead atoms. The summed E-state index contributed by atoms with van der Waals surface area (Å²) in [5.74, 6) is -0.376. The van der Waals surface area contributed by atoms with Crippen molar-refractivity contribution in [1.29, 1.82) is 0 Å². The molecule has 2 aromatic rings. The van der Waals surface area contributed by atoms with E-state index in [1.54, 1.807) is 4.90 Å². The molecule has 33 heavy (non-hydrogen) atoms. The third kappa shape index (κ3) is 3.76. The Balaban J connectivity index is 1.37. The van der Waals surface area contributed by atoms with Crippen LogP contribution in [0.25, 0.3) is 10.2 Å². The summed E-state index contributed by atoms with van der Waals surface area (Å²) in [5.41, 5.74) is 0.266. The van der Waals surface area contributed by atoms with Gasteiger partial charge in [0.1, 0.15) is 11.6 Å². The van der Waals surface area contributed by atoms with Crippen molar-refractivity contribution < 1.29 is 19.1 Å². The van der Waals surface area contributed by atoms with E-state index in [9.17, 15) is 14.4 Å². The van der Waals surface area contributed by atoms with Crippen molar-refractivity contribution >= 4 is 44.6 Å². The van der Waals surface area contributed by atoms with Crippen LogP contribution in [0.1, 0.15) is 47.0 Å². The van der Waals surface area contributed by atoms with Crippen LogP contribution in [0.3, 0.4) is 0 Å². The lowest BCUT2D eigenvalue weighted by Crippen LogP contribution is -2.52. The van der Waals surface area contributed by atoms with Crippen molar-refractivity contribution in [1.82, 2.24) is 14.8 Å². The predicted molar refractivity (Wildman–Crippen MR) is 126 cm³/mol. The highest BCUT2D eigenvalue weighted by atomic mass is 32.1. The van der Waals surface area contributed by atoms with E-state index in [1.807, 2.05) is 61.8 Å². The lowest BCUT2D eigenvalue weighted by atomic mass is 10.0. The minimum atomic E-state index is -0.615. The van der Waals surface area contributed by atoms with Crippen LogP contribution in [0.4, 0.5) is 9.93 Å². The normalized spacial score (nSPS) is 27.5. The highest BCUT2D eigenvalue weighted by Crippen LogP contribution is 2.42. The molecule has 0 aliphatic carbocycles. The standard InChI is InChI=1S/C24H30N4O4S/c1-14-19-16(28(20(14)29)22-25-15-8-5-6-10-18(15)33-22)11-13-27(19)21(30)17-9-7-12-26(17)23(31)32-24(2,3)4/h5-6,8,10,14,16-17,19H,7,9,11-13H2,1-4H3/t14-,16-,17-,19+/m0/s1. The minimum Gasteiger partial charge on any atom is -0.444 e. The molecule has 0 unspecified atom stereocenters. The average Bonchev–Trinajstić information content (AvgIpc) is 3.51. The number of amides is 3. The Bertz CT molecular complexity index is 1080. The first-order valence-electron chi connectivity index (χ1n) is 11.6. The fourth-order valence-electron chi connectivity index (χ4n) is 5.42. The number of hydrogen-bond acceptors (Lipinski definition) is 6. The Hall–Kier alpha value is -2.68. The monoisotopic (exact) mass is 470 g/mol. The van der Waals surface area contributed by atoms with Crippen LogP contribution in [-0.4, -0.2) is 69.5 Å². The van der Waals surface area contributed by atoms with Gasteiger partial charge in [0.05, 0.1) is 28.2 Å². The molecule has 0 spiro atoms. The molecule has 3 aliphatic rings. The van der Waals surface area contributed by atoms with Gasteiger partial charge in [-0.25, -0.2) is 9.78 Å². The summed E-state index contributed by atoms with van der Waals surface area (Å²) in [6, 6.07) is 7.04. The van der Waals surface area contributed by atoms with E-state index in [2.05, 4.69) is 0 Å². The van der Waals surface area contributed by atoms with E-state index >= 15 is 0 Å². The molecule has 3 amide bonds. The number of fused-ring (bicyclic) bond motifs is 2. The van der Waals surface area contributed by atoms with Gasteiger partial charge in [0, 0.05) is 13.1 Å². The molecule has 3 fully saturated rings. The first-order chi connectivity index (χ1) is 15.7. The number of rotatable bonds is 2. The van der Waals surface area contributed by atoms with E-state index in [4.69, 9.17) is 9.72 Å². The highest BCUT2D eigenvalue weighted by molar-refractivity contribution is 7.22. The molecule has 5 rings (SSSR count).